The van der Waals surface area contributed by atoms with Gasteiger partial charge in [-0.25, -0.2) is 9.97 Å². The Bertz CT molecular complexity index is 1440. The van der Waals surface area contributed by atoms with Gasteiger partial charge in [0.25, 0.3) is 0 Å². The summed E-state index contributed by atoms with van der Waals surface area (Å²) in [6.07, 6.45) is 5.68. The number of fused-ring (bicyclic) bond motifs is 9. The van der Waals surface area contributed by atoms with E-state index in [9.17, 15) is 0 Å². The van der Waals surface area contributed by atoms with Crippen molar-refractivity contribution in [1.82, 2.24) is 14.4 Å². The van der Waals surface area contributed by atoms with Crippen LogP contribution in [0.1, 0.15) is 0 Å². The van der Waals surface area contributed by atoms with Gasteiger partial charge in [-0.15, -0.1) is 0 Å². The number of imidazole rings is 1. The lowest BCUT2D eigenvalue weighted by atomic mass is 9.97. The summed E-state index contributed by atoms with van der Waals surface area (Å²) in [5.41, 5.74) is 1.91. The first kappa shape index (κ1) is 12.9. The number of pyridine rings is 2. The summed E-state index contributed by atoms with van der Waals surface area (Å²) in [7, 11) is 0. The first-order chi connectivity index (χ1) is 12.4. The third-order valence-corrected chi connectivity index (χ3v) is 5.06. The van der Waals surface area contributed by atoms with Crippen LogP contribution in [0.5, 0.6) is 0 Å². The van der Waals surface area contributed by atoms with Gasteiger partial charge < -0.3 is 0 Å². The van der Waals surface area contributed by atoms with E-state index in [0.717, 1.165) is 16.7 Å². The zero-order valence-corrected chi connectivity index (χ0v) is 13.3. The molecule has 116 valence electrons. The molecule has 6 rings (SSSR count). The lowest BCUT2D eigenvalue weighted by molar-refractivity contribution is 1.20. The van der Waals surface area contributed by atoms with Crippen LogP contribution in [0.15, 0.2) is 79.3 Å². The second-order valence-electron chi connectivity index (χ2n) is 6.40. The first-order valence-electron chi connectivity index (χ1n) is 8.35. The number of hydrogen-bond acceptors (Lipinski definition) is 2. The molecule has 0 bridgehead atoms. The Labute approximate surface area is 143 Å². The van der Waals surface area contributed by atoms with Crippen molar-refractivity contribution in [3.63, 3.8) is 0 Å². The minimum atomic E-state index is 0.947. The number of hydrogen-bond donors (Lipinski definition) is 0. The molecule has 6 aromatic rings. The summed E-state index contributed by atoms with van der Waals surface area (Å²) in [4.78, 5) is 9.23. The molecule has 3 nitrogen and oxygen atoms in total. The maximum absolute atomic E-state index is 4.65. The van der Waals surface area contributed by atoms with Gasteiger partial charge in [0.2, 0.25) is 0 Å². The molecule has 0 saturated heterocycles. The minimum absolute atomic E-state index is 0.947. The van der Waals surface area contributed by atoms with Crippen molar-refractivity contribution in [1.29, 1.82) is 0 Å². The molecule has 0 unspecified atom stereocenters. The highest BCUT2D eigenvalue weighted by atomic mass is 15.0. The van der Waals surface area contributed by atoms with Crippen LogP contribution in [0.25, 0.3) is 49.0 Å². The Hall–Kier alpha value is -3.46. The number of benzene rings is 3. The van der Waals surface area contributed by atoms with E-state index in [2.05, 4.69) is 69.0 Å². The molecule has 0 amide bonds. The van der Waals surface area contributed by atoms with Crippen LogP contribution < -0.4 is 0 Å². The largest absolute Gasteiger partial charge is 0.283 e. The maximum atomic E-state index is 4.65. The van der Waals surface area contributed by atoms with Gasteiger partial charge in [0, 0.05) is 29.4 Å². The van der Waals surface area contributed by atoms with Gasteiger partial charge in [-0.1, -0.05) is 36.4 Å². The predicted octanol–water partition coefficient (Wildman–Crippen LogP) is 5.34. The molecule has 0 N–H and O–H groups in total. The van der Waals surface area contributed by atoms with Gasteiger partial charge in [-0.05, 0) is 51.2 Å². The number of aromatic nitrogens is 3. The van der Waals surface area contributed by atoms with E-state index < -0.39 is 0 Å². The fourth-order valence-corrected chi connectivity index (χ4v) is 3.94. The van der Waals surface area contributed by atoms with Crippen molar-refractivity contribution in [2.24, 2.45) is 0 Å². The molecule has 25 heavy (non-hydrogen) atoms. The van der Waals surface area contributed by atoms with Crippen LogP contribution in [-0.4, -0.2) is 14.4 Å². The Kier molecular flexibility index (Phi) is 2.35. The lowest BCUT2D eigenvalue weighted by Crippen LogP contribution is -1.93. The summed E-state index contributed by atoms with van der Waals surface area (Å²) in [5, 5.41) is 8.52. The summed E-state index contributed by atoms with van der Waals surface area (Å²) >= 11 is 0. The van der Waals surface area contributed by atoms with Crippen molar-refractivity contribution in [3.8, 4) is 0 Å². The zero-order valence-electron chi connectivity index (χ0n) is 13.3. The molecule has 0 aliphatic heterocycles. The highest BCUT2D eigenvalue weighted by Crippen LogP contribution is 2.35. The average Bonchev–Trinajstić information content (AvgIpc) is 3.16. The molecular weight excluding hydrogens is 306 g/mol. The van der Waals surface area contributed by atoms with Crippen molar-refractivity contribution in [2.75, 3.05) is 0 Å². The summed E-state index contributed by atoms with van der Waals surface area (Å²) < 4.78 is 2.09. The molecule has 0 saturated carbocycles. The predicted molar refractivity (Wildman–Crippen MR) is 103 cm³/mol. The second-order valence-corrected chi connectivity index (χ2v) is 6.40. The van der Waals surface area contributed by atoms with Crippen LogP contribution in [0.4, 0.5) is 0 Å². The Morgan fingerprint density at radius 3 is 2.36 bits per heavy atom. The Balaban J connectivity index is 1.97. The Morgan fingerprint density at radius 1 is 0.600 bits per heavy atom. The molecule has 0 radical (unpaired) electrons. The van der Waals surface area contributed by atoms with Gasteiger partial charge >= 0.3 is 0 Å². The van der Waals surface area contributed by atoms with E-state index in [1.165, 1.54) is 32.3 Å². The van der Waals surface area contributed by atoms with Crippen molar-refractivity contribution >= 4 is 49.0 Å². The van der Waals surface area contributed by atoms with Crippen LogP contribution >= 0.6 is 0 Å². The van der Waals surface area contributed by atoms with Crippen LogP contribution in [0, 0.1) is 0 Å². The van der Waals surface area contributed by atoms with E-state index in [4.69, 9.17) is 0 Å². The molecular formula is C22H13N3. The zero-order chi connectivity index (χ0) is 16.4. The molecule has 0 atom stereocenters. The van der Waals surface area contributed by atoms with Crippen molar-refractivity contribution < 1.29 is 0 Å². The third-order valence-electron chi connectivity index (χ3n) is 5.06. The van der Waals surface area contributed by atoms with Crippen molar-refractivity contribution in [2.45, 2.75) is 0 Å². The third kappa shape index (κ3) is 1.64. The van der Waals surface area contributed by atoms with Gasteiger partial charge in [-0.3, -0.25) is 4.40 Å². The highest BCUT2D eigenvalue weighted by Gasteiger charge is 2.13. The fourth-order valence-electron chi connectivity index (χ4n) is 3.94. The van der Waals surface area contributed by atoms with Crippen LogP contribution in [-0.2, 0) is 0 Å². The summed E-state index contributed by atoms with van der Waals surface area (Å²) in [6.45, 7) is 0. The van der Waals surface area contributed by atoms with Gasteiger partial charge in [-0.2, -0.15) is 0 Å². The molecule has 3 aromatic heterocycles. The van der Waals surface area contributed by atoms with Gasteiger partial charge in [0.15, 0.2) is 0 Å². The summed E-state index contributed by atoms with van der Waals surface area (Å²) in [6, 6.07) is 21.6. The normalized spacial score (nSPS) is 12.0. The molecule has 3 aromatic carbocycles. The average molecular weight is 319 g/mol. The lowest BCUT2D eigenvalue weighted by Gasteiger charge is -2.11. The minimum Gasteiger partial charge on any atom is -0.283 e. The maximum Gasteiger partial charge on any atom is 0.146 e. The monoisotopic (exact) mass is 319 g/mol. The number of rotatable bonds is 0. The molecule has 0 aliphatic rings. The van der Waals surface area contributed by atoms with E-state index in [0.29, 0.717) is 0 Å². The first-order valence-corrected chi connectivity index (χ1v) is 8.35. The molecule has 0 aliphatic carbocycles. The van der Waals surface area contributed by atoms with E-state index >= 15 is 0 Å². The Morgan fingerprint density at radius 2 is 1.44 bits per heavy atom. The topological polar surface area (TPSA) is 30.2 Å². The van der Waals surface area contributed by atoms with Gasteiger partial charge in [0.1, 0.15) is 11.3 Å². The fraction of sp³-hybridized carbons (Fsp3) is 0. The molecule has 3 heterocycles. The van der Waals surface area contributed by atoms with Crippen molar-refractivity contribution in [3.05, 3.63) is 79.3 Å². The van der Waals surface area contributed by atoms with E-state index in [1.54, 1.807) is 0 Å². The van der Waals surface area contributed by atoms with E-state index in [1.807, 2.05) is 24.7 Å². The molecule has 0 spiro atoms. The molecule has 3 heteroatoms. The highest BCUT2D eigenvalue weighted by molar-refractivity contribution is 6.23. The number of nitrogens with zero attached hydrogens (tertiary/aromatic N) is 3. The quantitative estimate of drug-likeness (QED) is 0.279. The van der Waals surface area contributed by atoms with Crippen LogP contribution in [0.2, 0.25) is 0 Å². The standard InChI is InChI=1S/C22H13N3/c1-2-5-15-13-19-16(12-14(15)4-1)7-8-17-18-6-3-9-23-21(18)25-11-10-24-22(25)20(17)19/h1-13H. The summed E-state index contributed by atoms with van der Waals surface area (Å²) in [5.74, 6) is 0. The smallest absolute Gasteiger partial charge is 0.146 e. The molecule has 0 fully saturated rings. The van der Waals surface area contributed by atoms with Gasteiger partial charge in [0.05, 0.1) is 0 Å². The SMILES string of the molecule is c1ccc2cc3c(ccc4c5cccnc5n5ccnc5c34)cc2c1. The van der Waals surface area contributed by atoms with E-state index in [-0.39, 0.29) is 0 Å². The van der Waals surface area contributed by atoms with Crippen LogP contribution in [0.3, 0.4) is 0 Å². The second kappa shape index (κ2) is 4.54.